The van der Waals surface area contributed by atoms with Crippen LogP contribution >= 0.6 is 10.8 Å². The monoisotopic (exact) mass is 169 g/mol. The highest BCUT2D eigenvalue weighted by molar-refractivity contribution is 8.13. The molecule has 0 spiro atoms. The molecule has 2 aliphatic rings. The van der Waals surface area contributed by atoms with Crippen LogP contribution in [-0.2, 0) is 0 Å². The zero-order chi connectivity index (χ0) is 7.84. The predicted octanol–water partition coefficient (Wildman–Crippen LogP) is 1.82. The molecule has 0 radical (unpaired) electrons. The van der Waals surface area contributed by atoms with Gasteiger partial charge in [0.15, 0.2) is 0 Å². The van der Waals surface area contributed by atoms with Gasteiger partial charge >= 0.3 is 0 Å². The molecule has 11 heavy (non-hydrogen) atoms. The molecule has 0 bridgehead atoms. The van der Waals surface area contributed by atoms with Gasteiger partial charge in [0.05, 0.1) is 0 Å². The molecule has 0 saturated carbocycles. The quantitative estimate of drug-likeness (QED) is 0.543. The summed E-state index contributed by atoms with van der Waals surface area (Å²) in [6.07, 6.45) is 5.06. The molecule has 3 heteroatoms. The highest BCUT2D eigenvalue weighted by Crippen LogP contribution is 2.40. The first-order valence-electron chi connectivity index (χ1n) is 3.74. The topological polar surface area (TPSA) is 46.2 Å². The van der Waals surface area contributed by atoms with E-state index in [0.717, 1.165) is 25.0 Å². The molecule has 0 aromatic carbocycles. The fraction of sp³-hybridized carbons (Fsp3) is 0.375. The standard InChI is InChI=1S/C8H11NOS/c9-7-4-5-11(10)8-3-1-2-6(7)8/h4-5,10H,1-3,9H2. The average Bonchev–Trinajstić information content (AvgIpc) is 2.45. The highest BCUT2D eigenvalue weighted by atomic mass is 32.2. The Labute approximate surface area is 68.5 Å². The molecule has 0 saturated heterocycles. The third kappa shape index (κ3) is 1.04. The van der Waals surface area contributed by atoms with Gasteiger partial charge in [-0.3, -0.25) is 0 Å². The molecule has 0 amide bonds. The van der Waals surface area contributed by atoms with Gasteiger partial charge in [-0.15, -0.1) is 0 Å². The summed E-state index contributed by atoms with van der Waals surface area (Å²) in [5, 5.41) is 1.79. The van der Waals surface area contributed by atoms with E-state index in [4.69, 9.17) is 5.73 Å². The summed E-state index contributed by atoms with van der Waals surface area (Å²) in [6.45, 7) is 0. The van der Waals surface area contributed by atoms with Crippen LogP contribution in [0.2, 0.25) is 0 Å². The van der Waals surface area contributed by atoms with E-state index in [1.54, 1.807) is 5.37 Å². The Bertz CT molecular complexity index is 260. The first kappa shape index (κ1) is 7.13. The van der Waals surface area contributed by atoms with Crippen LogP contribution in [0.15, 0.2) is 22.3 Å². The van der Waals surface area contributed by atoms with Gasteiger partial charge in [0.25, 0.3) is 0 Å². The van der Waals surface area contributed by atoms with E-state index in [9.17, 15) is 4.55 Å². The lowest BCUT2D eigenvalue weighted by molar-refractivity contribution is 0.664. The average molecular weight is 169 g/mol. The summed E-state index contributed by atoms with van der Waals surface area (Å²) < 4.78 is 9.51. The molecule has 1 aliphatic carbocycles. The Morgan fingerprint density at radius 2 is 2.27 bits per heavy atom. The van der Waals surface area contributed by atoms with Crippen LogP contribution in [-0.4, -0.2) is 9.92 Å². The molecule has 1 heterocycles. The molecule has 60 valence electrons. The molecule has 2 rings (SSSR count). The van der Waals surface area contributed by atoms with Crippen molar-refractivity contribution in [3.63, 3.8) is 0 Å². The van der Waals surface area contributed by atoms with Crippen LogP contribution in [0.25, 0.3) is 0 Å². The van der Waals surface area contributed by atoms with E-state index in [0.29, 0.717) is 0 Å². The van der Waals surface area contributed by atoms with Gasteiger partial charge in [0.2, 0.25) is 0 Å². The van der Waals surface area contributed by atoms with E-state index >= 15 is 0 Å². The molecular formula is C8H11NOS. The molecular weight excluding hydrogens is 158 g/mol. The summed E-state index contributed by atoms with van der Waals surface area (Å²) >= 11 is 0. The van der Waals surface area contributed by atoms with E-state index in [1.807, 2.05) is 6.08 Å². The maximum atomic E-state index is 9.51. The van der Waals surface area contributed by atoms with Gasteiger partial charge in [-0.05, 0) is 47.0 Å². The van der Waals surface area contributed by atoms with Gasteiger partial charge in [0, 0.05) is 10.6 Å². The lowest BCUT2D eigenvalue weighted by atomic mass is 10.2. The molecule has 0 fully saturated rings. The molecule has 3 N–H and O–H groups in total. The fourth-order valence-electron chi connectivity index (χ4n) is 1.57. The van der Waals surface area contributed by atoms with Gasteiger partial charge in [0.1, 0.15) is 0 Å². The second kappa shape index (κ2) is 2.50. The maximum absolute atomic E-state index is 9.51. The van der Waals surface area contributed by atoms with Gasteiger partial charge in [-0.1, -0.05) is 0 Å². The lowest BCUT2D eigenvalue weighted by Gasteiger charge is -2.11. The summed E-state index contributed by atoms with van der Waals surface area (Å²) in [5.41, 5.74) is 7.81. The van der Waals surface area contributed by atoms with Crippen molar-refractivity contribution in [2.45, 2.75) is 19.3 Å². The number of nitrogens with two attached hydrogens (primary N) is 1. The maximum Gasteiger partial charge on any atom is 0.0360 e. The second-order valence-electron chi connectivity index (χ2n) is 2.83. The molecule has 1 atom stereocenters. The Hall–Kier alpha value is -0.540. The number of hydrogen-bond donors (Lipinski definition) is 2. The van der Waals surface area contributed by atoms with Crippen LogP contribution < -0.4 is 5.73 Å². The minimum Gasteiger partial charge on any atom is -0.398 e. The number of hydrogen-bond acceptors (Lipinski definition) is 2. The molecule has 0 aromatic rings. The number of rotatable bonds is 0. The van der Waals surface area contributed by atoms with Crippen molar-refractivity contribution in [3.05, 3.63) is 22.3 Å². The van der Waals surface area contributed by atoms with Crippen LogP contribution in [0.3, 0.4) is 0 Å². The Kier molecular flexibility index (Phi) is 1.62. The van der Waals surface area contributed by atoms with E-state index in [1.165, 1.54) is 10.5 Å². The summed E-state index contributed by atoms with van der Waals surface area (Å²) in [4.78, 5) is 1.17. The largest absolute Gasteiger partial charge is 0.398 e. The van der Waals surface area contributed by atoms with Crippen molar-refractivity contribution >= 4 is 16.1 Å². The second-order valence-corrected chi connectivity index (χ2v) is 4.22. The molecule has 1 aliphatic heterocycles. The van der Waals surface area contributed by atoms with Crippen LogP contribution in [0, 0.1) is 0 Å². The van der Waals surface area contributed by atoms with E-state index in [-0.39, 0.29) is 0 Å². The van der Waals surface area contributed by atoms with Crippen molar-refractivity contribution in [2.75, 3.05) is 0 Å². The Morgan fingerprint density at radius 1 is 1.45 bits per heavy atom. The van der Waals surface area contributed by atoms with Crippen LogP contribution in [0.1, 0.15) is 19.3 Å². The SMILES string of the molecule is NC1=CC=S(O)C2=C1CCC2. The summed E-state index contributed by atoms with van der Waals surface area (Å²) in [7, 11) is -0.618. The molecule has 2 nitrogen and oxygen atoms in total. The van der Waals surface area contributed by atoms with E-state index in [2.05, 4.69) is 0 Å². The lowest BCUT2D eigenvalue weighted by Crippen LogP contribution is -2.04. The normalized spacial score (nSPS) is 29.5. The summed E-state index contributed by atoms with van der Waals surface area (Å²) in [5.74, 6) is 0. The summed E-state index contributed by atoms with van der Waals surface area (Å²) in [6, 6.07) is 0. The first-order valence-corrected chi connectivity index (χ1v) is 4.98. The molecule has 0 aromatic heterocycles. The smallest absolute Gasteiger partial charge is 0.0360 e. The molecule has 1 unspecified atom stereocenters. The van der Waals surface area contributed by atoms with Crippen molar-refractivity contribution in [1.29, 1.82) is 0 Å². The van der Waals surface area contributed by atoms with Crippen LogP contribution in [0.4, 0.5) is 0 Å². The first-order chi connectivity index (χ1) is 5.29. The third-order valence-electron chi connectivity index (χ3n) is 2.14. The van der Waals surface area contributed by atoms with Gasteiger partial charge in [-0.2, -0.15) is 0 Å². The van der Waals surface area contributed by atoms with E-state index < -0.39 is 10.8 Å². The van der Waals surface area contributed by atoms with Gasteiger partial charge in [-0.25, -0.2) is 0 Å². The zero-order valence-electron chi connectivity index (χ0n) is 6.21. The van der Waals surface area contributed by atoms with Crippen molar-refractivity contribution in [3.8, 4) is 0 Å². The Morgan fingerprint density at radius 3 is 3.00 bits per heavy atom. The zero-order valence-corrected chi connectivity index (χ0v) is 7.03. The number of allylic oxidation sites excluding steroid dienone is 3. The van der Waals surface area contributed by atoms with Crippen molar-refractivity contribution < 1.29 is 4.55 Å². The van der Waals surface area contributed by atoms with Gasteiger partial charge < -0.3 is 10.3 Å². The minimum absolute atomic E-state index is 0.618. The third-order valence-corrected chi connectivity index (χ3v) is 3.49. The Balaban J connectivity index is 2.49. The highest BCUT2D eigenvalue weighted by Gasteiger charge is 2.20. The van der Waals surface area contributed by atoms with Crippen LogP contribution in [0.5, 0.6) is 0 Å². The minimum atomic E-state index is -0.618. The van der Waals surface area contributed by atoms with Crippen molar-refractivity contribution in [1.82, 2.24) is 0 Å². The van der Waals surface area contributed by atoms with Crippen molar-refractivity contribution in [2.24, 2.45) is 5.73 Å². The predicted molar refractivity (Wildman–Crippen MR) is 49.4 cm³/mol. The fourth-order valence-corrected chi connectivity index (χ4v) is 2.84.